The molecule has 3 N–H and O–H groups in total. The number of aliphatic hydroxyl groups is 1. The van der Waals surface area contributed by atoms with Crippen molar-refractivity contribution in [2.75, 3.05) is 26.2 Å². The maximum Gasteiger partial charge on any atom is 0.317 e. The van der Waals surface area contributed by atoms with Gasteiger partial charge in [0.2, 0.25) is 5.91 Å². The molecular weight excluding hydrogens is 282 g/mol. The van der Waals surface area contributed by atoms with Crippen LogP contribution in [-0.2, 0) is 4.79 Å². The monoisotopic (exact) mass is 311 g/mol. The third-order valence-electron chi connectivity index (χ3n) is 4.92. The molecule has 2 aliphatic rings. The van der Waals surface area contributed by atoms with Gasteiger partial charge in [-0.3, -0.25) is 4.79 Å². The van der Waals surface area contributed by atoms with Gasteiger partial charge in [0.25, 0.3) is 0 Å². The van der Waals surface area contributed by atoms with Crippen molar-refractivity contribution in [1.29, 1.82) is 0 Å². The molecule has 1 aliphatic heterocycles. The summed E-state index contributed by atoms with van der Waals surface area (Å²) in [5.41, 5.74) is -0.560. The second kappa shape index (κ2) is 7.81. The minimum Gasteiger partial charge on any atom is -0.389 e. The first-order valence-corrected chi connectivity index (χ1v) is 8.57. The molecule has 6 heteroatoms. The molecule has 0 spiro atoms. The second-order valence-electron chi connectivity index (χ2n) is 6.57. The van der Waals surface area contributed by atoms with Crippen LogP contribution in [0.15, 0.2) is 0 Å². The number of piperidine rings is 1. The van der Waals surface area contributed by atoms with Gasteiger partial charge < -0.3 is 20.6 Å². The van der Waals surface area contributed by atoms with Gasteiger partial charge in [-0.1, -0.05) is 19.8 Å². The smallest absolute Gasteiger partial charge is 0.317 e. The third-order valence-corrected chi connectivity index (χ3v) is 4.92. The van der Waals surface area contributed by atoms with Gasteiger partial charge in [-0.05, 0) is 25.7 Å². The molecular formula is C16H29N3O3. The van der Waals surface area contributed by atoms with Crippen molar-refractivity contribution in [1.82, 2.24) is 15.5 Å². The average Bonchev–Trinajstić information content (AvgIpc) is 2.51. The number of nitrogens with zero attached hydrogens (tertiary/aromatic N) is 1. The highest BCUT2D eigenvalue weighted by Crippen LogP contribution is 2.39. The molecule has 0 radical (unpaired) electrons. The number of fused-ring (bicyclic) bond motifs is 1. The summed E-state index contributed by atoms with van der Waals surface area (Å²) in [6.07, 6.45) is 5.99. The van der Waals surface area contributed by atoms with Crippen LogP contribution in [0.5, 0.6) is 0 Å². The molecule has 2 fully saturated rings. The molecule has 22 heavy (non-hydrogen) atoms. The quantitative estimate of drug-likeness (QED) is 0.714. The van der Waals surface area contributed by atoms with E-state index in [2.05, 4.69) is 10.6 Å². The Bertz CT molecular complexity index is 402. The maximum atomic E-state index is 12.2. The van der Waals surface area contributed by atoms with Crippen LogP contribution in [0.3, 0.4) is 0 Å². The van der Waals surface area contributed by atoms with E-state index in [1.54, 1.807) is 4.90 Å². The maximum absolute atomic E-state index is 12.2. The lowest BCUT2D eigenvalue weighted by Gasteiger charge is -2.47. The van der Waals surface area contributed by atoms with E-state index in [0.29, 0.717) is 39.0 Å². The van der Waals surface area contributed by atoms with E-state index < -0.39 is 5.60 Å². The van der Waals surface area contributed by atoms with Gasteiger partial charge in [-0.2, -0.15) is 0 Å². The van der Waals surface area contributed by atoms with Gasteiger partial charge in [0.05, 0.1) is 5.60 Å². The first kappa shape index (κ1) is 17.1. The normalized spacial score (nSPS) is 27.9. The number of hydrogen-bond donors (Lipinski definition) is 3. The standard InChI is InChI=1S/C16H29N3O3/c1-2-9-17-14(20)6-10-18-15(21)19-11-8-16(22)7-4-3-5-13(16)12-19/h13,22H,2-12H2,1H3,(H,17,20)(H,18,21). The molecule has 1 saturated carbocycles. The van der Waals surface area contributed by atoms with Crippen molar-refractivity contribution in [3.8, 4) is 0 Å². The highest BCUT2D eigenvalue weighted by Gasteiger charge is 2.43. The first-order chi connectivity index (χ1) is 10.5. The minimum atomic E-state index is -0.560. The largest absolute Gasteiger partial charge is 0.389 e. The number of urea groups is 1. The number of nitrogens with one attached hydrogen (secondary N) is 2. The van der Waals surface area contributed by atoms with Gasteiger partial charge >= 0.3 is 6.03 Å². The van der Waals surface area contributed by atoms with Gasteiger partial charge in [0.15, 0.2) is 0 Å². The van der Waals surface area contributed by atoms with Crippen molar-refractivity contribution in [3.05, 3.63) is 0 Å². The van der Waals surface area contributed by atoms with Gasteiger partial charge in [-0.25, -0.2) is 4.79 Å². The van der Waals surface area contributed by atoms with E-state index in [4.69, 9.17) is 0 Å². The van der Waals surface area contributed by atoms with Crippen LogP contribution in [-0.4, -0.2) is 53.7 Å². The highest BCUT2D eigenvalue weighted by molar-refractivity contribution is 5.78. The van der Waals surface area contributed by atoms with Crippen LogP contribution in [0.25, 0.3) is 0 Å². The fraction of sp³-hybridized carbons (Fsp3) is 0.875. The lowest BCUT2D eigenvalue weighted by molar-refractivity contribution is -0.120. The summed E-state index contributed by atoms with van der Waals surface area (Å²) in [5.74, 6) is 0.177. The number of likely N-dealkylation sites (tertiary alicyclic amines) is 1. The fourth-order valence-corrected chi connectivity index (χ4v) is 3.50. The Balaban J connectivity index is 1.71. The first-order valence-electron chi connectivity index (χ1n) is 8.57. The summed E-state index contributed by atoms with van der Waals surface area (Å²) in [5, 5.41) is 16.2. The van der Waals surface area contributed by atoms with Crippen molar-refractivity contribution < 1.29 is 14.7 Å². The minimum absolute atomic E-state index is 0.0255. The van der Waals surface area contributed by atoms with Crippen molar-refractivity contribution in [2.45, 2.75) is 57.5 Å². The summed E-state index contributed by atoms with van der Waals surface area (Å²) < 4.78 is 0. The zero-order chi connectivity index (χ0) is 16.0. The molecule has 0 bridgehead atoms. The van der Waals surface area contributed by atoms with Gasteiger partial charge in [0.1, 0.15) is 0 Å². The Morgan fingerprint density at radius 1 is 1.23 bits per heavy atom. The van der Waals surface area contributed by atoms with E-state index in [0.717, 1.165) is 32.1 Å². The van der Waals surface area contributed by atoms with Crippen molar-refractivity contribution >= 4 is 11.9 Å². The summed E-state index contributed by atoms with van der Waals surface area (Å²) in [6.45, 7) is 4.27. The van der Waals surface area contributed by atoms with Crippen LogP contribution in [0.1, 0.15) is 51.9 Å². The van der Waals surface area contributed by atoms with Crippen LogP contribution >= 0.6 is 0 Å². The summed E-state index contributed by atoms with van der Waals surface area (Å²) in [7, 11) is 0. The van der Waals surface area contributed by atoms with Crippen molar-refractivity contribution in [2.24, 2.45) is 5.92 Å². The molecule has 3 amide bonds. The number of carbonyl (C=O) groups excluding carboxylic acids is 2. The Kier molecular flexibility index (Phi) is 6.06. The molecule has 0 aromatic rings. The summed E-state index contributed by atoms with van der Waals surface area (Å²) in [6, 6.07) is -0.115. The Hall–Kier alpha value is -1.30. The Labute approximate surface area is 132 Å². The molecule has 1 saturated heterocycles. The molecule has 126 valence electrons. The van der Waals surface area contributed by atoms with Crippen LogP contribution < -0.4 is 10.6 Å². The lowest BCUT2D eigenvalue weighted by atomic mass is 9.71. The SMILES string of the molecule is CCCNC(=O)CCNC(=O)N1CCC2(O)CCCCC2C1. The fourth-order valence-electron chi connectivity index (χ4n) is 3.50. The molecule has 2 unspecified atom stereocenters. The zero-order valence-electron chi connectivity index (χ0n) is 13.6. The predicted octanol–water partition coefficient (Wildman–Crippen LogP) is 1.24. The number of amides is 3. The Morgan fingerprint density at radius 3 is 2.82 bits per heavy atom. The molecule has 1 aliphatic carbocycles. The van der Waals surface area contributed by atoms with Crippen molar-refractivity contribution in [3.63, 3.8) is 0 Å². The van der Waals surface area contributed by atoms with Gasteiger partial charge in [-0.15, -0.1) is 0 Å². The topological polar surface area (TPSA) is 81.7 Å². The highest BCUT2D eigenvalue weighted by atomic mass is 16.3. The number of rotatable bonds is 5. The van der Waals surface area contributed by atoms with E-state index in [1.807, 2.05) is 6.92 Å². The lowest BCUT2D eigenvalue weighted by Crippen LogP contribution is -2.56. The molecule has 0 aromatic heterocycles. The van der Waals surface area contributed by atoms with E-state index >= 15 is 0 Å². The zero-order valence-corrected chi connectivity index (χ0v) is 13.6. The molecule has 0 aromatic carbocycles. The second-order valence-corrected chi connectivity index (χ2v) is 6.57. The third kappa shape index (κ3) is 4.35. The molecule has 2 rings (SSSR count). The van der Waals surface area contributed by atoms with Crippen LogP contribution in [0.4, 0.5) is 4.79 Å². The predicted molar refractivity (Wildman–Crippen MR) is 84.4 cm³/mol. The van der Waals surface area contributed by atoms with E-state index in [1.165, 1.54) is 0 Å². The van der Waals surface area contributed by atoms with Crippen LogP contribution in [0, 0.1) is 5.92 Å². The van der Waals surface area contributed by atoms with E-state index in [-0.39, 0.29) is 17.9 Å². The Morgan fingerprint density at radius 2 is 2.05 bits per heavy atom. The molecule has 1 heterocycles. The van der Waals surface area contributed by atoms with Gasteiger partial charge in [0, 0.05) is 38.5 Å². The molecule has 6 nitrogen and oxygen atoms in total. The average molecular weight is 311 g/mol. The summed E-state index contributed by atoms with van der Waals surface area (Å²) in [4.78, 5) is 25.4. The van der Waals surface area contributed by atoms with Crippen LogP contribution in [0.2, 0.25) is 0 Å². The summed E-state index contributed by atoms with van der Waals surface area (Å²) >= 11 is 0. The van der Waals surface area contributed by atoms with E-state index in [9.17, 15) is 14.7 Å². The molecule has 2 atom stereocenters. The number of hydrogen-bond acceptors (Lipinski definition) is 3. The number of carbonyl (C=O) groups is 2.